The number of hydrogen-bond acceptors (Lipinski definition) is 8. The summed E-state index contributed by atoms with van der Waals surface area (Å²) in [5.74, 6) is 1.28. The van der Waals surface area contributed by atoms with E-state index < -0.39 is 5.82 Å². The van der Waals surface area contributed by atoms with Gasteiger partial charge in [0.15, 0.2) is 17.3 Å². The summed E-state index contributed by atoms with van der Waals surface area (Å²) < 4.78 is 27.2. The Bertz CT molecular complexity index is 1240. The number of aromatic nitrogens is 4. The summed E-state index contributed by atoms with van der Waals surface area (Å²) in [6, 6.07) is 5.95. The lowest BCUT2D eigenvalue weighted by molar-refractivity contribution is 0.142. The Morgan fingerprint density at radius 1 is 1.10 bits per heavy atom. The van der Waals surface area contributed by atoms with Crippen LogP contribution in [-0.2, 0) is 6.61 Å². The van der Waals surface area contributed by atoms with Crippen molar-refractivity contribution >= 4 is 22.4 Å². The second-order valence-electron chi connectivity index (χ2n) is 6.63. The first-order chi connectivity index (χ1) is 15.0. The number of hydrogen-bond donors (Lipinski definition) is 2. The summed E-state index contributed by atoms with van der Waals surface area (Å²) in [4.78, 5) is 17.8. The van der Waals surface area contributed by atoms with Gasteiger partial charge in [0.2, 0.25) is 0 Å². The number of ether oxygens (including phenoxy) is 2. The SMILES string of the molecule is COc1cc2c(Nc3cc(O)c(C)cc3F)ncnc2cc1OCc1nccn1OC. The number of phenolic OH excluding ortho intramolecular Hbond substituents is 1. The third kappa shape index (κ3) is 4.00. The minimum absolute atomic E-state index is 0.0232. The lowest BCUT2D eigenvalue weighted by Gasteiger charge is -2.14. The van der Waals surface area contributed by atoms with Gasteiger partial charge in [0.1, 0.15) is 37.4 Å². The molecule has 0 aliphatic rings. The maximum atomic E-state index is 14.3. The van der Waals surface area contributed by atoms with Crippen molar-refractivity contribution in [1.29, 1.82) is 0 Å². The molecule has 0 amide bonds. The maximum Gasteiger partial charge on any atom is 0.182 e. The molecule has 0 spiro atoms. The number of halogens is 1. The van der Waals surface area contributed by atoms with Gasteiger partial charge in [0.25, 0.3) is 0 Å². The van der Waals surface area contributed by atoms with Crippen molar-refractivity contribution < 1.29 is 23.8 Å². The second-order valence-corrected chi connectivity index (χ2v) is 6.63. The number of aromatic hydroxyl groups is 1. The van der Waals surface area contributed by atoms with Gasteiger partial charge in [-0.05, 0) is 24.6 Å². The Hall–Kier alpha value is -4.08. The van der Waals surface area contributed by atoms with Gasteiger partial charge in [0, 0.05) is 23.7 Å². The predicted octanol–water partition coefficient (Wildman–Crippen LogP) is 3.37. The molecule has 31 heavy (non-hydrogen) atoms. The van der Waals surface area contributed by atoms with E-state index in [1.807, 2.05) is 0 Å². The van der Waals surface area contributed by atoms with Crippen molar-refractivity contribution in [3.05, 3.63) is 60.2 Å². The number of benzene rings is 2. The van der Waals surface area contributed by atoms with E-state index in [0.29, 0.717) is 39.6 Å². The molecule has 0 radical (unpaired) electrons. The summed E-state index contributed by atoms with van der Waals surface area (Å²) in [6.45, 7) is 1.76. The molecule has 0 aliphatic heterocycles. The highest BCUT2D eigenvalue weighted by molar-refractivity contribution is 5.93. The van der Waals surface area contributed by atoms with Crippen LogP contribution in [0.25, 0.3) is 10.9 Å². The number of anilines is 2. The van der Waals surface area contributed by atoms with Gasteiger partial charge < -0.3 is 24.7 Å². The van der Waals surface area contributed by atoms with Gasteiger partial charge in [-0.3, -0.25) is 0 Å². The molecule has 0 atom stereocenters. The topological polar surface area (TPSA) is 104 Å². The average molecular weight is 425 g/mol. The van der Waals surface area contributed by atoms with E-state index in [2.05, 4.69) is 20.3 Å². The molecular weight excluding hydrogens is 405 g/mol. The van der Waals surface area contributed by atoms with Crippen LogP contribution in [0.4, 0.5) is 15.9 Å². The molecule has 0 unspecified atom stereocenters. The van der Waals surface area contributed by atoms with E-state index in [4.69, 9.17) is 14.3 Å². The van der Waals surface area contributed by atoms with Gasteiger partial charge in [-0.15, -0.1) is 0 Å². The number of imidazole rings is 1. The Morgan fingerprint density at radius 2 is 1.94 bits per heavy atom. The largest absolute Gasteiger partial charge is 0.508 e. The van der Waals surface area contributed by atoms with Crippen molar-refractivity contribution in [3.8, 4) is 17.2 Å². The highest BCUT2D eigenvalue weighted by Gasteiger charge is 2.15. The summed E-state index contributed by atoms with van der Waals surface area (Å²) in [5, 5.41) is 13.4. The number of fused-ring (bicyclic) bond motifs is 1. The number of methoxy groups -OCH3 is 1. The molecule has 160 valence electrons. The quantitative estimate of drug-likeness (QED) is 0.465. The van der Waals surface area contributed by atoms with E-state index in [1.54, 1.807) is 31.5 Å². The zero-order valence-electron chi connectivity index (χ0n) is 17.1. The number of aryl methyl sites for hydroxylation is 1. The molecule has 10 heteroatoms. The highest BCUT2D eigenvalue weighted by Crippen LogP contribution is 2.36. The molecule has 2 heterocycles. The molecular formula is C21H20FN5O4. The Labute approximate surface area is 177 Å². The van der Waals surface area contributed by atoms with E-state index in [1.165, 1.54) is 37.4 Å². The van der Waals surface area contributed by atoms with Crippen LogP contribution in [0.2, 0.25) is 0 Å². The molecule has 9 nitrogen and oxygen atoms in total. The zero-order chi connectivity index (χ0) is 22.0. The van der Waals surface area contributed by atoms with E-state index in [9.17, 15) is 9.50 Å². The Morgan fingerprint density at radius 3 is 2.71 bits per heavy atom. The number of phenols is 1. The van der Waals surface area contributed by atoms with Crippen molar-refractivity contribution in [3.63, 3.8) is 0 Å². The highest BCUT2D eigenvalue weighted by atomic mass is 19.1. The fourth-order valence-electron chi connectivity index (χ4n) is 3.05. The standard InChI is InChI=1S/C21H20FN5O4/c1-12-6-14(22)16(8-17(12)28)26-21-13-7-18(29-2)19(9-15(13)24-11-25-21)31-10-20-23-4-5-27(20)30-3/h4-9,11,28H,10H2,1-3H3,(H,24,25,26). The van der Waals surface area contributed by atoms with Gasteiger partial charge in [-0.2, -0.15) is 4.73 Å². The first-order valence-corrected chi connectivity index (χ1v) is 9.28. The van der Waals surface area contributed by atoms with Crippen molar-refractivity contribution in [1.82, 2.24) is 19.7 Å². The van der Waals surface area contributed by atoms with Crippen LogP contribution < -0.4 is 19.6 Å². The molecule has 0 saturated carbocycles. The van der Waals surface area contributed by atoms with Crippen molar-refractivity contribution in [2.45, 2.75) is 13.5 Å². The molecule has 2 aromatic heterocycles. The first-order valence-electron chi connectivity index (χ1n) is 9.28. The lowest BCUT2D eigenvalue weighted by Crippen LogP contribution is -2.11. The summed E-state index contributed by atoms with van der Waals surface area (Å²) in [5.41, 5.74) is 1.09. The smallest absolute Gasteiger partial charge is 0.182 e. The van der Waals surface area contributed by atoms with E-state index in [-0.39, 0.29) is 18.0 Å². The van der Waals surface area contributed by atoms with Crippen LogP contribution in [0.5, 0.6) is 17.2 Å². The normalized spacial score (nSPS) is 10.8. The Kier molecular flexibility index (Phi) is 5.44. The first kappa shape index (κ1) is 20.2. The van der Waals surface area contributed by atoms with Gasteiger partial charge in [0.05, 0.1) is 24.5 Å². The lowest BCUT2D eigenvalue weighted by atomic mass is 10.1. The minimum Gasteiger partial charge on any atom is -0.508 e. The van der Waals surface area contributed by atoms with E-state index >= 15 is 0 Å². The van der Waals surface area contributed by atoms with Crippen LogP contribution in [0.1, 0.15) is 11.4 Å². The molecule has 0 aliphatic carbocycles. The van der Waals surface area contributed by atoms with Crippen LogP contribution in [0.15, 0.2) is 43.0 Å². The summed E-state index contributed by atoms with van der Waals surface area (Å²) >= 11 is 0. The van der Waals surface area contributed by atoms with Gasteiger partial charge >= 0.3 is 0 Å². The fourth-order valence-corrected chi connectivity index (χ4v) is 3.05. The number of rotatable bonds is 7. The monoisotopic (exact) mass is 425 g/mol. The average Bonchev–Trinajstić information content (AvgIpc) is 3.23. The van der Waals surface area contributed by atoms with E-state index in [0.717, 1.165) is 0 Å². The molecule has 2 N–H and O–H groups in total. The maximum absolute atomic E-state index is 14.3. The molecule has 0 saturated heterocycles. The Balaban J connectivity index is 1.67. The third-order valence-corrected chi connectivity index (χ3v) is 4.69. The zero-order valence-corrected chi connectivity index (χ0v) is 17.1. The van der Waals surface area contributed by atoms with Crippen LogP contribution in [0, 0.1) is 12.7 Å². The van der Waals surface area contributed by atoms with Crippen LogP contribution in [-0.4, -0.2) is 39.0 Å². The summed E-state index contributed by atoms with van der Waals surface area (Å²) in [7, 11) is 3.04. The predicted molar refractivity (Wildman–Crippen MR) is 111 cm³/mol. The van der Waals surface area contributed by atoms with Crippen molar-refractivity contribution in [2.24, 2.45) is 0 Å². The molecule has 4 aromatic rings. The van der Waals surface area contributed by atoms with Gasteiger partial charge in [-0.1, -0.05) is 0 Å². The number of nitrogens with one attached hydrogen (secondary N) is 1. The summed E-state index contributed by atoms with van der Waals surface area (Å²) in [6.07, 6.45) is 4.63. The van der Waals surface area contributed by atoms with Crippen molar-refractivity contribution in [2.75, 3.05) is 19.5 Å². The molecule has 0 bridgehead atoms. The van der Waals surface area contributed by atoms with Crippen LogP contribution >= 0.6 is 0 Å². The molecule has 2 aromatic carbocycles. The third-order valence-electron chi connectivity index (χ3n) is 4.69. The van der Waals surface area contributed by atoms with Crippen LogP contribution in [0.3, 0.4) is 0 Å². The molecule has 0 fully saturated rings. The fraction of sp³-hybridized carbons (Fsp3) is 0.190. The minimum atomic E-state index is -0.511. The number of nitrogens with zero attached hydrogens (tertiary/aromatic N) is 4. The molecule has 4 rings (SSSR count). The second kappa shape index (κ2) is 8.34. The van der Waals surface area contributed by atoms with Gasteiger partial charge in [-0.25, -0.2) is 19.3 Å².